The fraction of sp³-hybridized carbons (Fsp3) is 0.711. The standard InChI is InChI=1S/C38H60O14/c1-3-32(39)46-25-15-5-10-20-34(41)47-26-16-6-11-21-35(42)48-27-17-7-12-22-36(43)49-28-18-8-13-23-37(44)50-29-19-9-14-24-38(45)52-31-30-51-33(40)4-2/h3-4H,1-2,5-31H2. The molecule has 0 aliphatic carbocycles. The second-order valence-electron chi connectivity index (χ2n) is 11.9. The van der Waals surface area contributed by atoms with Crippen LogP contribution in [0.15, 0.2) is 25.3 Å². The summed E-state index contributed by atoms with van der Waals surface area (Å²) in [5, 5.41) is 0. The molecule has 0 bridgehead atoms. The quantitative estimate of drug-likeness (QED) is 0.0321. The van der Waals surface area contributed by atoms with E-state index >= 15 is 0 Å². The minimum atomic E-state index is -0.570. The van der Waals surface area contributed by atoms with Gasteiger partial charge in [-0.1, -0.05) is 13.2 Å². The highest BCUT2D eigenvalue weighted by Gasteiger charge is 2.08. The molecule has 52 heavy (non-hydrogen) atoms. The topological polar surface area (TPSA) is 184 Å². The van der Waals surface area contributed by atoms with Crippen LogP contribution in [0.4, 0.5) is 0 Å². The van der Waals surface area contributed by atoms with Crippen LogP contribution in [0, 0.1) is 0 Å². The van der Waals surface area contributed by atoms with Crippen LogP contribution in [0.1, 0.15) is 128 Å². The van der Waals surface area contributed by atoms with Gasteiger partial charge in [0, 0.05) is 44.3 Å². The molecule has 0 radical (unpaired) electrons. The van der Waals surface area contributed by atoms with Gasteiger partial charge in [0.2, 0.25) is 0 Å². The molecule has 0 aromatic carbocycles. The second kappa shape index (κ2) is 35.2. The van der Waals surface area contributed by atoms with Crippen molar-refractivity contribution in [2.24, 2.45) is 0 Å². The smallest absolute Gasteiger partial charge is 0.330 e. The van der Waals surface area contributed by atoms with Crippen LogP contribution in [0.3, 0.4) is 0 Å². The molecule has 0 unspecified atom stereocenters. The average Bonchev–Trinajstić information content (AvgIpc) is 3.13. The normalized spacial score (nSPS) is 10.4. The van der Waals surface area contributed by atoms with Crippen LogP contribution in [0.25, 0.3) is 0 Å². The molecule has 0 amide bonds. The molecule has 0 spiro atoms. The van der Waals surface area contributed by atoms with Gasteiger partial charge in [-0.15, -0.1) is 0 Å². The summed E-state index contributed by atoms with van der Waals surface area (Å²) >= 11 is 0. The summed E-state index contributed by atoms with van der Waals surface area (Å²) < 4.78 is 35.4. The summed E-state index contributed by atoms with van der Waals surface area (Å²) in [5.74, 6) is -2.46. The zero-order chi connectivity index (χ0) is 38.5. The van der Waals surface area contributed by atoms with Crippen molar-refractivity contribution in [3.8, 4) is 0 Å². The average molecular weight is 741 g/mol. The number of rotatable bonds is 35. The van der Waals surface area contributed by atoms with Crippen molar-refractivity contribution in [1.82, 2.24) is 0 Å². The number of carbonyl (C=O) groups is 7. The largest absolute Gasteiger partial charge is 0.466 e. The summed E-state index contributed by atoms with van der Waals surface area (Å²) in [7, 11) is 0. The predicted molar refractivity (Wildman–Crippen MR) is 189 cm³/mol. The maximum absolute atomic E-state index is 11.9. The summed E-state index contributed by atoms with van der Waals surface area (Å²) in [6.45, 7) is 8.10. The number of esters is 7. The van der Waals surface area contributed by atoms with E-state index in [9.17, 15) is 33.6 Å². The Bertz CT molecular complexity index is 1050. The van der Waals surface area contributed by atoms with Gasteiger partial charge >= 0.3 is 41.8 Å². The number of carbonyl (C=O) groups excluding carboxylic acids is 7. The van der Waals surface area contributed by atoms with Crippen LogP contribution >= 0.6 is 0 Å². The van der Waals surface area contributed by atoms with E-state index in [1.54, 1.807) is 0 Å². The Morgan fingerprint density at radius 3 is 0.769 bits per heavy atom. The maximum Gasteiger partial charge on any atom is 0.330 e. The van der Waals surface area contributed by atoms with Gasteiger partial charge in [-0.3, -0.25) is 24.0 Å². The van der Waals surface area contributed by atoms with E-state index in [2.05, 4.69) is 13.2 Å². The predicted octanol–water partition coefficient (Wildman–Crippen LogP) is 5.96. The SMILES string of the molecule is C=CC(=O)OCCCCCC(=O)OCCCCCC(=O)OCCCCCC(=O)OCCCCCC(=O)OCCCCCC(=O)OCCOC(=O)C=C. The van der Waals surface area contributed by atoms with Gasteiger partial charge in [0.25, 0.3) is 0 Å². The number of hydrogen-bond donors (Lipinski definition) is 0. The Kier molecular flexibility index (Phi) is 32.3. The number of hydrogen-bond acceptors (Lipinski definition) is 14. The number of ether oxygens (including phenoxy) is 7. The van der Waals surface area contributed by atoms with Gasteiger partial charge in [0.1, 0.15) is 13.2 Å². The van der Waals surface area contributed by atoms with E-state index in [4.69, 9.17) is 33.2 Å². The minimum Gasteiger partial charge on any atom is -0.466 e. The lowest BCUT2D eigenvalue weighted by Gasteiger charge is -2.07. The molecule has 0 aliphatic rings. The highest BCUT2D eigenvalue weighted by molar-refractivity contribution is 5.81. The summed E-state index contributed by atoms with van der Waals surface area (Å²) in [6, 6.07) is 0. The van der Waals surface area contributed by atoms with E-state index in [0.29, 0.717) is 123 Å². The van der Waals surface area contributed by atoms with Crippen molar-refractivity contribution in [3.05, 3.63) is 25.3 Å². The molecule has 0 atom stereocenters. The molecule has 0 aliphatic heterocycles. The fourth-order valence-electron chi connectivity index (χ4n) is 4.43. The van der Waals surface area contributed by atoms with E-state index in [1.165, 1.54) is 0 Å². The van der Waals surface area contributed by atoms with E-state index in [-0.39, 0.29) is 56.1 Å². The first-order chi connectivity index (χ1) is 25.2. The van der Waals surface area contributed by atoms with Gasteiger partial charge in [0.05, 0.1) is 33.0 Å². The monoisotopic (exact) mass is 740 g/mol. The molecule has 0 rings (SSSR count). The zero-order valence-corrected chi connectivity index (χ0v) is 30.9. The minimum absolute atomic E-state index is 0.000847. The van der Waals surface area contributed by atoms with Gasteiger partial charge in [-0.05, 0) is 96.3 Å². The van der Waals surface area contributed by atoms with E-state index < -0.39 is 11.9 Å². The molecule has 14 heteroatoms. The molecule has 0 saturated heterocycles. The number of unbranched alkanes of at least 4 members (excludes halogenated alkanes) is 10. The van der Waals surface area contributed by atoms with E-state index in [0.717, 1.165) is 37.8 Å². The van der Waals surface area contributed by atoms with Gasteiger partial charge < -0.3 is 33.2 Å². The maximum atomic E-state index is 11.9. The molecule has 0 saturated carbocycles. The third-order valence-corrected chi connectivity index (χ3v) is 7.35. The second-order valence-corrected chi connectivity index (χ2v) is 11.9. The molecule has 0 fully saturated rings. The highest BCUT2D eigenvalue weighted by Crippen LogP contribution is 2.08. The lowest BCUT2D eigenvalue weighted by Crippen LogP contribution is -2.12. The van der Waals surface area contributed by atoms with Gasteiger partial charge in [-0.25, -0.2) is 9.59 Å². The van der Waals surface area contributed by atoms with Gasteiger partial charge in [-0.2, -0.15) is 0 Å². The third-order valence-electron chi connectivity index (χ3n) is 7.35. The highest BCUT2D eigenvalue weighted by atomic mass is 16.6. The summed E-state index contributed by atoms with van der Waals surface area (Å²) in [5.41, 5.74) is 0. The molecule has 0 N–H and O–H groups in total. The Balaban J connectivity index is 3.47. The summed E-state index contributed by atoms with van der Waals surface area (Å²) in [4.78, 5) is 80.8. The van der Waals surface area contributed by atoms with Crippen LogP contribution in [0.5, 0.6) is 0 Å². The van der Waals surface area contributed by atoms with Crippen molar-refractivity contribution >= 4 is 41.8 Å². The Hall–Kier alpha value is -4.23. The lowest BCUT2D eigenvalue weighted by molar-refractivity contribution is -0.149. The molecule has 0 heterocycles. The molecular weight excluding hydrogens is 680 g/mol. The molecule has 0 aromatic heterocycles. The van der Waals surface area contributed by atoms with Crippen LogP contribution in [-0.4, -0.2) is 88.0 Å². The van der Waals surface area contributed by atoms with Crippen LogP contribution in [-0.2, 0) is 66.7 Å². The Morgan fingerprint density at radius 1 is 0.288 bits per heavy atom. The van der Waals surface area contributed by atoms with Crippen LogP contribution in [0.2, 0.25) is 0 Å². The third kappa shape index (κ3) is 34.2. The van der Waals surface area contributed by atoms with Crippen molar-refractivity contribution < 1.29 is 66.7 Å². The molecule has 0 aromatic rings. The van der Waals surface area contributed by atoms with Crippen LogP contribution < -0.4 is 0 Å². The fourth-order valence-corrected chi connectivity index (χ4v) is 4.43. The zero-order valence-electron chi connectivity index (χ0n) is 30.9. The summed E-state index contributed by atoms with van der Waals surface area (Å²) in [6.07, 6.45) is 13.8. The lowest BCUT2D eigenvalue weighted by atomic mass is 10.2. The molecule has 14 nitrogen and oxygen atoms in total. The van der Waals surface area contributed by atoms with E-state index in [1.807, 2.05) is 0 Å². The van der Waals surface area contributed by atoms with Crippen molar-refractivity contribution in [1.29, 1.82) is 0 Å². The molecule has 296 valence electrons. The Labute approximate surface area is 308 Å². The van der Waals surface area contributed by atoms with Crippen molar-refractivity contribution in [2.75, 3.05) is 46.2 Å². The first-order valence-electron chi connectivity index (χ1n) is 18.5. The first kappa shape index (κ1) is 47.8. The van der Waals surface area contributed by atoms with Crippen molar-refractivity contribution in [3.63, 3.8) is 0 Å². The van der Waals surface area contributed by atoms with Crippen molar-refractivity contribution in [2.45, 2.75) is 128 Å². The Morgan fingerprint density at radius 2 is 0.500 bits per heavy atom. The first-order valence-corrected chi connectivity index (χ1v) is 18.5. The molecular formula is C38H60O14. The van der Waals surface area contributed by atoms with Gasteiger partial charge in [0.15, 0.2) is 0 Å².